The number of rotatable bonds is 4. The zero-order valence-electron chi connectivity index (χ0n) is 11.4. The Kier molecular flexibility index (Phi) is 3.92. The van der Waals surface area contributed by atoms with Crippen LogP contribution in [-0.2, 0) is 16.6 Å². The van der Waals surface area contributed by atoms with Gasteiger partial charge in [-0.1, -0.05) is 17.3 Å². The second-order valence-electron chi connectivity index (χ2n) is 4.54. The van der Waals surface area contributed by atoms with Crippen LogP contribution in [0.1, 0.15) is 17.0 Å². The molecule has 0 saturated carbocycles. The van der Waals surface area contributed by atoms with Gasteiger partial charge in [0, 0.05) is 13.6 Å². The van der Waals surface area contributed by atoms with Gasteiger partial charge in [0.15, 0.2) is 5.76 Å². The molecule has 5 nitrogen and oxygen atoms in total. The van der Waals surface area contributed by atoms with Gasteiger partial charge in [-0.2, -0.15) is 4.31 Å². The van der Waals surface area contributed by atoms with Crippen LogP contribution in [0.4, 0.5) is 4.39 Å². The third-order valence-electron chi connectivity index (χ3n) is 2.93. The van der Waals surface area contributed by atoms with Crippen LogP contribution in [0, 0.1) is 19.7 Å². The topological polar surface area (TPSA) is 63.4 Å². The Morgan fingerprint density at radius 3 is 2.60 bits per heavy atom. The molecule has 0 unspecified atom stereocenters. The number of benzene rings is 1. The van der Waals surface area contributed by atoms with Crippen LogP contribution in [0.15, 0.2) is 33.7 Å². The molecule has 0 amide bonds. The van der Waals surface area contributed by atoms with Crippen LogP contribution in [0.25, 0.3) is 0 Å². The molecule has 0 bridgehead atoms. The zero-order chi connectivity index (χ0) is 14.9. The van der Waals surface area contributed by atoms with E-state index >= 15 is 0 Å². The molecule has 0 radical (unpaired) electrons. The molecular formula is C13H15FN2O3S. The van der Waals surface area contributed by atoms with Gasteiger partial charge in [0.25, 0.3) is 0 Å². The predicted octanol–water partition coefficient (Wildman–Crippen LogP) is 2.25. The quantitative estimate of drug-likeness (QED) is 0.868. The molecule has 20 heavy (non-hydrogen) atoms. The van der Waals surface area contributed by atoms with Crippen molar-refractivity contribution in [1.29, 1.82) is 0 Å². The Morgan fingerprint density at radius 2 is 2.05 bits per heavy atom. The van der Waals surface area contributed by atoms with E-state index in [9.17, 15) is 12.8 Å². The summed E-state index contributed by atoms with van der Waals surface area (Å²) in [5.74, 6) is -0.153. The normalized spacial score (nSPS) is 12.1. The largest absolute Gasteiger partial charge is 0.360 e. The summed E-state index contributed by atoms with van der Waals surface area (Å²) in [6.45, 7) is 3.19. The minimum atomic E-state index is -3.71. The van der Waals surface area contributed by atoms with Crippen molar-refractivity contribution in [3.05, 3.63) is 47.1 Å². The van der Waals surface area contributed by atoms with E-state index in [0.29, 0.717) is 11.3 Å². The Bertz CT molecular complexity index is 705. The van der Waals surface area contributed by atoms with Gasteiger partial charge in [0.2, 0.25) is 10.0 Å². The standard InChI is InChI=1S/C13H15FN2O3S/c1-9-13(10(2)19-15-9)20(17,18)16(3)8-11-5-4-6-12(14)7-11/h4-7H,8H2,1-3H3. The average molecular weight is 298 g/mol. The summed E-state index contributed by atoms with van der Waals surface area (Å²) in [5.41, 5.74) is 0.886. The van der Waals surface area contributed by atoms with E-state index in [2.05, 4.69) is 5.16 Å². The molecule has 0 aliphatic carbocycles. The molecule has 7 heteroatoms. The maximum atomic E-state index is 13.1. The van der Waals surface area contributed by atoms with Crippen molar-refractivity contribution in [3.63, 3.8) is 0 Å². The molecule has 1 heterocycles. The third kappa shape index (κ3) is 2.73. The van der Waals surface area contributed by atoms with Crippen LogP contribution >= 0.6 is 0 Å². The van der Waals surface area contributed by atoms with E-state index in [0.717, 1.165) is 4.31 Å². The number of sulfonamides is 1. The molecule has 0 spiro atoms. The summed E-state index contributed by atoms with van der Waals surface area (Å²) < 4.78 is 44.1. The van der Waals surface area contributed by atoms with Crippen LogP contribution in [0.3, 0.4) is 0 Å². The number of nitrogens with zero attached hydrogens (tertiary/aromatic N) is 2. The summed E-state index contributed by atoms with van der Waals surface area (Å²) in [6, 6.07) is 5.83. The van der Waals surface area contributed by atoms with E-state index in [1.54, 1.807) is 26.0 Å². The molecule has 0 fully saturated rings. The van der Waals surface area contributed by atoms with Gasteiger partial charge in [-0.25, -0.2) is 12.8 Å². The molecule has 2 aromatic rings. The highest BCUT2D eigenvalue weighted by Gasteiger charge is 2.28. The highest BCUT2D eigenvalue weighted by Crippen LogP contribution is 2.23. The fraction of sp³-hybridized carbons (Fsp3) is 0.308. The lowest BCUT2D eigenvalue weighted by Gasteiger charge is -2.17. The van der Waals surface area contributed by atoms with E-state index in [4.69, 9.17) is 4.52 Å². The van der Waals surface area contributed by atoms with Gasteiger partial charge in [-0.05, 0) is 31.5 Å². The number of aryl methyl sites for hydroxylation is 2. The van der Waals surface area contributed by atoms with Crippen LogP contribution in [-0.4, -0.2) is 24.9 Å². The Morgan fingerprint density at radius 1 is 1.35 bits per heavy atom. The van der Waals surface area contributed by atoms with Gasteiger partial charge >= 0.3 is 0 Å². The summed E-state index contributed by atoms with van der Waals surface area (Å²) in [4.78, 5) is 0.0661. The van der Waals surface area contributed by atoms with Gasteiger partial charge in [0.05, 0.1) is 0 Å². The average Bonchev–Trinajstić information content (AvgIpc) is 2.69. The molecule has 0 N–H and O–H groups in total. The van der Waals surface area contributed by atoms with Gasteiger partial charge in [-0.3, -0.25) is 0 Å². The first-order valence-electron chi connectivity index (χ1n) is 5.96. The van der Waals surface area contributed by atoms with Gasteiger partial charge in [0.1, 0.15) is 16.4 Å². The minimum Gasteiger partial charge on any atom is -0.360 e. The lowest BCUT2D eigenvalue weighted by Crippen LogP contribution is -2.27. The van der Waals surface area contributed by atoms with E-state index in [-0.39, 0.29) is 17.2 Å². The second-order valence-corrected chi connectivity index (χ2v) is 6.53. The summed E-state index contributed by atoms with van der Waals surface area (Å²) >= 11 is 0. The van der Waals surface area contributed by atoms with Crippen LogP contribution in [0.5, 0.6) is 0 Å². The molecule has 0 atom stereocenters. The Hall–Kier alpha value is -1.73. The zero-order valence-corrected chi connectivity index (χ0v) is 12.2. The first-order valence-corrected chi connectivity index (χ1v) is 7.40. The summed E-state index contributed by atoms with van der Waals surface area (Å²) in [5, 5.41) is 3.65. The Balaban J connectivity index is 2.31. The molecular weight excluding hydrogens is 283 g/mol. The lowest BCUT2D eigenvalue weighted by atomic mass is 10.2. The smallest absolute Gasteiger partial charge is 0.248 e. The number of hydrogen-bond acceptors (Lipinski definition) is 4. The molecule has 0 aliphatic heterocycles. The number of hydrogen-bond donors (Lipinski definition) is 0. The molecule has 0 saturated heterocycles. The second kappa shape index (κ2) is 5.34. The van der Waals surface area contributed by atoms with Crippen molar-refractivity contribution >= 4 is 10.0 Å². The van der Waals surface area contributed by atoms with Crippen molar-refractivity contribution < 1.29 is 17.3 Å². The third-order valence-corrected chi connectivity index (χ3v) is 4.98. The van der Waals surface area contributed by atoms with Crippen molar-refractivity contribution in [3.8, 4) is 0 Å². The first-order chi connectivity index (χ1) is 9.32. The predicted molar refractivity (Wildman–Crippen MR) is 71.0 cm³/mol. The number of aromatic nitrogens is 1. The van der Waals surface area contributed by atoms with Crippen LogP contribution < -0.4 is 0 Å². The number of halogens is 1. The Labute approximate surface area is 117 Å². The highest BCUT2D eigenvalue weighted by atomic mass is 32.2. The van der Waals surface area contributed by atoms with Crippen molar-refractivity contribution in [2.45, 2.75) is 25.3 Å². The van der Waals surface area contributed by atoms with E-state index in [1.165, 1.54) is 19.2 Å². The minimum absolute atomic E-state index is 0.0661. The van der Waals surface area contributed by atoms with E-state index in [1.807, 2.05) is 0 Å². The molecule has 0 aliphatic rings. The first kappa shape index (κ1) is 14.7. The summed E-state index contributed by atoms with van der Waals surface area (Å²) in [7, 11) is -2.28. The fourth-order valence-electron chi connectivity index (χ4n) is 1.98. The SMILES string of the molecule is Cc1noc(C)c1S(=O)(=O)N(C)Cc1cccc(F)c1. The molecule has 1 aromatic heterocycles. The lowest BCUT2D eigenvalue weighted by molar-refractivity contribution is 0.389. The molecule has 1 aromatic carbocycles. The highest BCUT2D eigenvalue weighted by molar-refractivity contribution is 7.89. The maximum absolute atomic E-state index is 13.1. The van der Waals surface area contributed by atoms with Gasteiger partial charge in [-0.15, -0.1) is 0 Å². The van der Waals surface area contributed by atoms with E-state index < -0.39 is 15.8 Å². The van der Waals surface area contributed by atoms with Crippen molar-refractivity contribution in [1.82, 2.24) is 9.46 Å². The monoisotopic (exact) mass is 298 g/mol. The van der Waals surface area contributed by atoms with Gasteiger partial charge < -0.3 is 4.52 Å². The summed E-state index contributed by atoms with van der Waals surface area (Å²) in [6.07, 6.45) is 0. The molecule has 108 valence electrons. The van der Waals surface area contributed by atoms with Crippen molar-refractivity contribution in [2.75, 3.05) is 7.05 Å². The molecule has 2 rings (SSSR count). The fourth-order valence-corrected chi connectivity index (χ4v) is 3.42. The van der Waals surface area contributed by atoms with Crippen molar-refractivity contribution in [2.24, 2.45) is 0 Å². The maximum Gasteiger partial charge on any atom is 0.248 e. The van der Waals surface area contributed by atoms with Crippen LogP contribution in [0.2, 0.25) is 0 Å².